The van der Waals surface area contributed by atoms with Gasteiger partial charge in [0.15, 0.2) is 9.84 Å². The lowest BCUT2D eigenvalue weighted by Crippen LogP contribution is -2.29. The second kappa shape index (κ2) is 7.14. The van der Waals surface area contributed by atoms with Crippen LogP contribution in [0.1, 0.15) is 26.2 Å². The van der Waals surface area contributed by atoms with Crippen LogP contribution in [0.2, 0.25) is 0 Å². The van der Waals surface area contributed by atoms with Gasteiger partial charge in [0.2, 0.25) is 0 Å². The van der Waals surface area contributed by atoms with Gasteiger partial charge in [0.1, 0.15) is 11.6 Å². The van der Waals surface area contributed by atoms with Gasteiger partial charge in [-0.25, -0.2) is 8.42 Å². The van der Waals surface area contributed by atoms with Crippen molar-refractivity contribution in [2.24, 2.45) is 0 Å². The number of sulfone groups is 1. The smallest absolute Gasteiger partial charge is 0.263 e. The Balaban J connectivity index is 2.49. The van der Waals surface area contributed by atoms with E-state index in [4.69, 9.17) is 5.26 Å². The highest BCUT2D eigenvalue weighted by Gasteiger charge is 2.27. The summed E-state index contributed by atoms with van der Waals surface area (Å²) in [4.78, 5) is 11.6. The quantitative estimate of drug-likeness (QED) is 0.409. The van der Waals surface area contributed by atoms with Crippen LogP contribution in [0.4, 0.5) is 0 Å². The summed E-state index contributed by atoms with van der Waals surface area (Å²) in [5.41, 5.74) is -0.0274. The van der Waals surface area contributed by atoms with Crippen molar-refractivity contribution in [1.82, 2.24) is 10.6 Å². The van der Waals surface area contributed by atoms with Gasteiger partial charge in [-0.15, -0.1) is 0 Å². The summed E-state index contributed by atoms with van der Waals surface area (Å²) >= 11 is 0. The molecule has 1 unspecified atom stereocenters. The molecule has 1 aliphatic heterocycles. The van der Waals surface area contributed by atoms with Crippen LogP contribution in [0.25, 0.3) is 0 Å². The number of hydrogen-bond acceptors (Lipinski definition) is 5. The molecule has 1 aliphatic rings. The number of rotatable bonds is 6. The van der Waals surface area contributed by atoms with Crippen molar-refractivity contribution in [3.63, 3.8) is 0 Å². The summed E-state index contributed by atoms with van der Waals surface area (Å²) in [5, 5.41) is 14.4. The number of nitrogens with zero attached hydrogens (tertiary/aromatic N) is 1. The summed E-state index contributed by atoms with van der Waals surface area (Å²) < 4.78 is 22.5. The molecule has 1 saturated heterocycles. The summed E-state index contributed by atoms with van der Waals surface area (Å²) in [6.45, 7) is 2.54. The Morgan fingerprint density at radius 1 is 1.53 bits per heavy atom. The molecule has 0 saturated carbocycles. The van der Waals surface area contributed by atoms with Gasteiger partial charge in [-0.05, 0) is 12.8 Å². The van der Waals surface area contributed by atoms with Crippen LogP contribution in [-0.4, -0.2) is 38.4 Å². The van der Waals surface area contributed by atoms with Crippen LogP contribution < -0.4 is 10.6 Å². The SMILES string of the molecule is CCCCNC(=O)/C(C#N)=C\NC1CCS(=O)(=O)C1. The lowest BCUT2D eigenvalue weighted by atomic mass is 10.2. The minimum Gasteiger partial charge on any atom is -0.386 e. The van der Waals surface area contributed by atoms with E-state index in [1.807, 2.05) is 13.0 Å². The second-order valence-corrected chi connectivity index (χ2v) is 6.77. The zero-order valence-corrected chi connectivity index (χ0v) is 11.8. The molecule has 0 aliphatic carbocycles. The van der Waals surface area contributed by atoms with Crippen molar-refractivity contribution in [2.75, 3.05) is 18.1 Å². The number of hydrogen-bond donors (Lipinski definition) is 2. The van der Waals surface area contributed by atoms with E-state index in [-0.39, 0.29) is 23.1 Å². The lowest BCUT2D eigenvalue weighted by molar-refractivity contribution is -0.117. The van der Waals surface area contributed by atoms with Gasteiger partial charge in [-0.3, -0.25) is 4.79 Å². The maximum atomic E-state index is 11.6. The van der Waals surface area contributed by atoms with E-state index in [0.29, 0.717) is 13.0 Å². The molecule has 1 rings (SSSR count). The van der Waals surface area contributed by atoms with Crippen LogP contribution in [0.15, 0.2) is 11.8 Å². The average molecular weight is 285 g/mol. The van der Waals surface area contributed by atoms with Crippen molar-refractivity contribution in [3.8, 4) is 6.07 Å². The molecule has 7 heteroatoms. The first-order chi connectivity index (χ1) is 8.98. The van der Waals surface area contributed by atoms with Gasteiger partial charge in [-0.1, -0.05) is 13.3 Å². The monoisotopic (exact) mass is 285 g/mol. The number of nitriles is 1. The van der Waals surface area contributed by atoms with Crippen LogP contribution in [-0.2, 0) is 14.6 Å². The van der Waals surface area contributed by atoms with Crippen LogP contribution in [0, 0.1) is 11.3 Å². The van der Waals surface area contributed by atoms with Gasteiger partial charge in [0.05, 0.1) is 11.5 Å². The van der Waals surface area contributed by atoms with Gasteiger partial charge in [0.25, 0.3) is 5.91 Å². The number of carbonyl (C=O) groups excluding carboxylic acids is 1. The molecule has 0 spiro atoms. The highest BCUT2D eigenvalue weighted by Crippen LogP contribution is 2.11. The predicted octanol–water partition coefficient (Wildman–Crippen LogP) is 0.0869. The Hall–Kier alpha value is -1.55. The van der Waals surface area contributed by atoms with E-state index < -0.39 is 15.7 Å². The highest BCUT2D eigenvalue weighted by atomic mass is 32.2. The Morgan fingerprint density at radius 3 is 2.79 bits per heavy atom. The number of nitrogens with one attached hydrogen (secondary N) is 2. The van der Waals surface area contributed by atoms with E-state index in [1.54, 1.807) is 0 Å². The molecule has 19 heavy (non-hydrogen) atoms. The Labute approximate surface area is 113 Å². The molecular formula is C12H19N3O3S. The summed E-state index contributed by atoms with van der Waals surface area (Å²) in [5.74, 6) is -0.216. The fourth-order valence-electron chi connectivity index (χ4n) is 1.75. The van der Waals surface area contributed by atoms with Crippen molar-refractivity contribution in [2.45, 2.75) is 32.2 Å². The zero-order chi connectivity index (χ0) is 14.3. The first kappa shape index (κ1) is 15.5. The Morgan fingerprint density at radius 2 is 2.26 bits per heavy atom. The first-order valence-electron chi connectivity index (χ1n) is 6.33. The maximum Gasteiger partial charge on any atom is 0.263 e. The van der Waals surface area contributed by atoms with Crippen LogP contribution in [0.3, 0.4) is 0 Å². The predicted molar refractivity (Wildman–Crippen MR) is 71.8 cm³/mol. The third kappa shape index (κ3) is 5.30. The maximum absolute atomic E-state index is 11.6. The van der Waals surface area contributed by atoms with Gasteiger partial charge in [0, 0.05) is 18.8 Å². The summed E-state index contributed by atoms with van der Waals surface area (Å²) in [6, 6.07) is 1.60. The molecule has 6 nitrogen and oxygen atoms in total. The van der Waals surface area contributed by atoms with E-state index >= 15 is 0 Å². The molecule has 0 aromatic heterocycles. The lowest BCUT2D eigenvalue weighted by Gasteiger charge is -2.08. The molecule has 0 aromatic carbocycles. The number of unbranched alkanes of at least 4 members (excludes halogenated alkanes) is 1. The normalized spacial score (nSPS) is 21.7. The molecule has 2 N–H and O–H groups in total. The van der Waals surface area contributed by atoms with Crippen molar-refractivity contribution >= 4 is 15.7 Å². The van der Waals surface area contributed by atoms with E-state index in [0.717, 1.165) is 12.8 Å². The topological polar surface area (TPSA) is 99.1 Å². The van der Waals surface area contributed by atoms with Crippen molar-refractivity contribution in [3.05, 3.63) is 11.8 Å². The zero-order valence-electron chi connectivity index (χ0n) is 11.0. The Bertz CT molecular complexity index is 491. The van der Waals surface area contributed by atoms with Gasteiger partial charge in [-0.2, -0.15) is 5.26 Å². The fourth-order valence-corrected chi connectivity index (χ4v) is 3.44. The molecule has 1 heterocycles. The molecular weight excluding hydrogens is 266 g/mol. The second-order valence-electron chi connectivity index (χ2n) is 4.55. The minimum absolute atomic E-state index is 0.0274. The molecule has 0 radical (unpaired) electrons. The van der Waals surface area contributed by atoms with Gasteiger partial charge < -0.3 is 10.6 Å². The molecule has 1 atom stereocenters. The molecule has 106 valence electrons. The van der Waals surface area contributed by atoms with Gasteiger partial charge >= 0.3 is 0 Å². The van der Waals surface area contributed by atoms with E-state index in [2.05, 4.69) is 10.6 Å². The fraction of sp³-hybridized carbons (Fsp3) is 0.667. The largest absolute Gasteiger partial charge is 0.386 e. The molecule has 0 bridgehead atoms. The minimum atomic E-state index is -2.96. The van der Waals surface area contributed by atoms with Crippen molar-refractivity contribution in [1.29, 1.82) is 5.26 Å². The first-order valence-corrected chi connectivity index (χ1v) is 8.15. The standard InChI is InChI=1S/C12H19N3O3S/c1-2-3-5-14-12(16)10(7-13)8-15-11-4-6-19(17,18)9-11/h8,11,15H,2-6,9H2,1H3,(H,14,16)/b10-8-. The molecule has 1 amide bonds. The average Bonchev–Trinajstić information content (AvgIpc) is 2.70. The Kier molecular flexibility index (Phi) is 5.83. The highest BCUT2D eigenvalue weighted by molar-refractivity contribution is 7.91. The third-order valence-electron chi connectivity index (χ3n) is 2.88. The van der Waals surface area contributed by atoms with Crippen LogP contribution in [0.5, 0.6) is 0 Å². The van der Waals surface area contributed by atoms with E-state index in [9.17, 15) is 13.2 Å². The van der Waals surface area contributed by atoms with Crippen molar-refractivity contribution < 1.29 is 13.2 Å². The summed E-state index contributed by atoms with van der Waals surface area (Å²) in [6.07, 6.45) is 3.64. The van der Waals surface area contributed by atoms with Crippen LogP contribution >= 0.6 is 0 Å². The van der Waals surface area contributed by atoms with E-state index in [1.165, 1.54) is 6.20 Å². The number of amides is 1. The molecule has 0 aromatic rings. The third-order valence-corrected chi connectivity index (χ3v) is 4.64. The molecule has 1 fully saturated rings. The number of carbonyl (C=O) groups is 1. The summed E-state index contributed by atoms with van der Waals surface area (Å²) in [7, 11) is -2.96.